The largest absolute Gasteiger partial charge is 0.361 e. The normalized spacial score (nSPS) is 21.6. The number of nitrogens with zero attached hydrogens (tertiary/aromatic N) is 5. The Hall–Kier alpha value is -2.31. The molecular formula is C18H28N6O. The van der Waals surface area contributed by atoms with Crippen LogP contribution in [0, 0.1) is 19.8 Å². The first-order valence-electron chi connectivity index (χ1n) is 9.02. The van der Waals surface area contributed by atoms with Gasteiger partial charge >= 0.3 is 0 Å². The summed E-state index contributed by atoms with van der Waals surface area (Å²) >= 11 is 0. The zero-order valence-corrected chi connectivity index (χ0v) is 15.6. The smallest absolute Gasteiger partial charge is 0.194 e. The van der Waals surface area contributed by atoms with Crippen LogP contribution in [0.15, 0.2) is 28.2 Å². The highest BCUT2D eigenvalue weighted by Crippen LogP contribution is 2.27. The number of imidazole rings is 1. The molecule has 0 spiro atoms. The fourth-order valence-electron chi connectivity index (χ4n) is 3.40. The lowest BCUT2D eigenvalue weighted by Crippen LogP contribution is -2.49. The molecule has 1 fully saturated rings. The molecule has 0 amide bonds. The number of aliphatic imine (C=N–C) groups is 1. The first kappa shape index (κ1) is 17.5. The Morgan fingerprint density at radius 3 is 2.92 bits per heavy atom. The molecule has 1 aliphatic rings. The number of hydrogen-bond acceptors (Lipinski definition) is 4. The lowest BCUT2D eigenvalue weighted by molar-refractivity contribution is 0.189. The van der Waals surface area contributed by atoms with Crippen molar-refractivity contribution < 1.29 is 4.52 Å². The van der Waals surface area contributed by atoms with Crippen LogP contribution in [-0.2, 0) is 6.54 Å². The molecule has 1 saturated heterocycles. The van der Waals surface area contributed by atoms with Crippen molar-refractivity contribution in [2.24, 2.45) is 10.9 Å². The van der Waals surface area contributed by atoms with E-state index in [9.17, 15) is 0 Å². The van der Waals surface area contributed by atoms with E-state index in [1.165, 1.54) is 0 Å². The van der Waals surface area contributed by atoms with Gasteiger partial charge in [0.05, 0.1) is 24.6 Å². The van der Waals surface area contributed by atoms with Crippen molar-refractivity contribution in [2.45, 2.75) is 46.7 Å². The van der Waals surface area contributed by atoms with Gasteiger partial charge in [0.1, 0.15) is 5.76 Å². The minimum atomic E-state index is 0.416. The monoisotopic (exact) mass is 344 g/mol. The van der Waals surface area contributed by atoms with Crippen molar-refractivity contribution in [3.63, 3.8) is 0 Å². The Morgan fingerprint density at radius 1 is 1.44 bits per heavy atom. The summed E-state index contributed by atoms with van der Waals surface area (Å²) in [6.45, 7) is 11.7. The highest BCUT2D eigenvalue weighted by molar-refractivity contribution is 5.80. The summed E-state index contributed by atoms with van der Waals surface area (Å²) in [5.41, 5.74) is 1.99. The summed E-state index contributed by atoms with van der Waals surface area (Å²) in [6.07, 6.45) is 6.96. The maximum absolute atomic E-state index is 5.25. The van der Waals surface area contributed by atoms with E-state index >= 15 is 0 Å². The topological polar surface area (TPSA) is 71.5 Å². The number of hydrogen-bond donors (Lipinski definition) is 1. The molecule has 1 aliphatic heterocycles. The molecule has 3 heterocycles. The van der Waals surface area contributed by atoms with E-state index in [0.29, 0.717) is 18.5 Å². The summed E-state index contributed by atoms with van der Waals surface area (Å²) in [7, 11) is 0. The van der Waals surface area contributed by atoms with Gasteiger partial charge in [-0.3, -0.25) is 0 Å². The summed E-state index contributed by atoms with van der Waals surface area (Å²) in [6, 6.07) is 0.416. The van der Waals surface area contributed by atoms with Gasteiger partial charge in [-0.2, -0.15) is 0 Å². The second kappa shape index (κ2) is 7.72. The van der Waals surface area contributed by atoms with Gasteiger partial charge in [0, 0.05) is 37.6 Å². The molecule has 2 aromatic rings. The van der Waals surface area contributed by atoms with E-state index in [0.717, 1.165) is 49.0 Å². The number of nitrogens with one attached hydrogen (secondary N) is 1. The summed E-state index contributed by atoms with van der Waals surface area (Å²) < 4.78 is 7.47. The lowest BCUT2D eigenvalue weighted by atomic mass is 9.93. The van der Waals surface area contributed by atoms with Crippen molar-refractivity contribution in [1.29, 1.82) is 0 Å². The Bertz CT molecular complexity index is 686. The zero-order chi connectivity index (χ0) is 17.8. The summed E-state index contributed by atoms with van der Waals surface area (Å²) in [4.78, 5) is 11.4. The first-order chi connectivity index (χ1) is 12.1. The third-order valence-electron chi connectivity index (χ3n) is 5.03. The summed E-state index contributed by atoms with van der Waals surface area (Å²) in [5, 5.41) is 7.45. The van der Waals surface area contributed by atoms with E-state index in [1.807, 2.05) is 26.4 Å². The van der Waals surface area contributed by atoms with Crippen LogP contribution in [0.3, 0.4) is 0 Å². The molecule has 2 unspecified atom stereocenters. The lowest BCUT2D eigenvalue weighted by Gasteiger charge is -2.39. The summed E-state index contributed by atoms with van der Waals surface area (Å²) in [5.74, 6) is 2.43. The van der Waals surface area contributed by atoms with Crippen LogP contribution in [0.1, 0.15) is 43.3 Å². The second-order valence-corrected chi connectivity index (χ2v) is 6.76. The van der Waals surface area contributed by atoms with Crippen molar-refractivity contribution in [1.82, 2.24) is 24.9 Å². The molecule has 0 aromatic carbocycles. The molecule has 0 bridgehead atoms. The second-order valence-electron chi connectivity index (χ2n) is 6.76. The van der Waals surface area contributed by atoms with Crippen molar-refractivity contribution in [3.8, 4) is 0 Å². The average Bonchev–Trinajstić information content (AvgIpc) is 3.23. The number of piperidine rings is 1. The standard InChI is InChI=1S/C18H28N6O/c1-5-20-18(21-10-16-14(3)22-25-15(16)4)23-8-6-13(2)17(11-23)24-9-7-19-12-24/h7,9,12-13,17H,5-6,8,10-11H2,1-4H3,(H,20,21). The minimum Gasteiger partial charge on any atom is -0.361 e. The van der Waals surface area contributed by atoms with Crippen molar-refractivity contribution in [2.75, 3.05) is 19.6 Å². The van der Waals surface area contributed by atoms with E-state index in [1.54, 1.807) is 0 Å². The quantitative estimate of drug-likeness (QED) is 0.682. The van der Waals surface area contributed by atoms with Gasteiger partial charge in [-0.15, -0.1) is 0 Å². The predicted octanol–water partition coefficient (Wildman–Crippen LogP) is 2.54. The average molecular weight is 344 g/mol. The van der Waals surface area contributed by atoms with Crippen LogP contribution in [0.2, 0.25) is 0 Å². The van der Waals surface area contributed by atoms with Gasteiger partial charge in [-0.1, -0.05) is 12.1 Å². The zero-order valence-electron chi connectivity index (χ0n) is 15.6. The van der Waals surface area contributed by atoms with Crippen LogP contribution >= 0.6 is 0 Å². The van der Waals surface area contributed by atoms with Gasteiger partial charge in [0.15, 0.2) is 5.96 Å². The maximum Gasteiger partial charge on any atom is 0.194 e. The van der Waals surface area contributed by atoms with Gasteiger partial charge in [-0.05, 0) is 33.1 Å². The van der Waals surface area contributed by atoms with Gasteiger partial charge in [0.25, 0.3) is 0 Å². The third-order valence-corrected chi connectivity index (χ3v) is 5.03. The van der Waals surface area contributed by atoms with Gasteiger partial charge in [-0.25, -0.2) is 9.98 Å². The maximum atomic E-state index is 5.25. The van der Waals surface area contributed by atoms with Crippen LogP contribution in [0.5, 0.6) is 0 Å². The van der Waals surface area contributed by atoms with Crippen LogP contribution < -0.4 is 5.32 Å². The van der Waals surface area contributed by atoms with E-state index in [-0.39, 0.29) is 0 Å². The number of likely N-dealkylation sites (tertiary alicyclic amines) is 1. The number of aromatic nitrogens is 3. The molecule has 7 nitrogen and oxygen atoms in total. The SMILES string of the molecule is CCNC(=NCc1c(C)noc1C)N1CCC(C)C(n2ccnc2)C1. The Balaban J connectivity index is 1.76. The van der Waals surface area contributed by atoms with E-state index in [2.05, 4.69) is 45.0 Å². The molecule has 0 aliphatic carbocycles. The first-order valence-corrected chi connectivity index (χ1v) is 9.02. The Morgan fingerprint density at radius 2 is 2.28 bits per heavy atom. The highest BCUT2D eigenvalue weighted by Gasteiger charge is 2.29. The van der Waals surface area contributed by atoms with E-state index < -0.39 is 0 Å². The van der Waals surface area contributed by atoms with Crippen molar-refractivity contribution >= 4 is 5.96 Å². The van der Waals surface area contributed by atoms with Gasteiger partial charge < -0.3 is 19.3 Å². The van der Waals surface area contributed by atoms with E-state index in [4.69, 9.17) is 9.52 Å². The molecule has 1 N–H and O–H groups in total. The molecule has 0 radical (unpaired) electrons. The molecule has 0 saturated carbocycles. The predicted molar refractivity (Wildman–Crippen MR) is 97.4 cm³/mol. The number of guanidine groups is 1. The molecule has 2 aromatic heterocycles. The fraction of sp³-hybridized carbons (Fsp3) is 0.611. The number of aryl methyl sites for hydroxylation is 2. The molecule has 136 valence electrons. The Kier molecular flexibility index (Phi) is 5.40. The third kappa shape index (κ3) is 3.86. The van der Waals surface area contributed by atoms with Crippen molar-refractivity contribution in [3.05, 3.63) is 35.7 Å². The molecule has 2 atom stereocenters. The molecule has 25 heavy (non-hydrogen) atoms. The van der Waals surface area contributed by atoms with Crippen LogP contribution in [0.25, 0.3) is 0 Å². The fourth-order valence-corrected chi connectivity index (χ4v) is 3.40. The molecular weight excluding hydrogens is 316 g/mol. The van der Waals surface area contributed by atoms with Crippen LogP contribution in [-0.4, -0.2) is 45.2 Å². The number of rotatable bonds is 4. The van der Waals surface area contributed by atoms with Crippen LogP contribution in [0.4, 0.5) is 0 Å². The minimum absolute atomic E-state index is 0.416. The molecule has 3 rings (SSSR count). The van der Waals surface area contributed by atoms with Gasteiger partial charge in [0.2, 0.25) is 0 Å². The Labute approximate surface area is 149 Å². The molecule has 7 heteroatoms. The highest BCUT2D eigenvalue weighted by atomic mass is 16.5.